The average Bonchev–Trinajstić information content (AvgIpc) is 3.06. The van der Waals surface area contributed by atoms with E-state index in [9.17, 15) is 9.59 Å². The highest BCUT2D eigenvalue weighted by molar-refractivity contribution is 5.91. The van der Waals surface area contributed by atoms with Crippen molar-refractivity contribution in [3.63, 3.8) is 0 Å². The molecule has 1 heterocycles. The van der Waals surface area contributed by atoms with Crippen LogP contribution in [-0.4, -0.2) is 24.9 Å². The standard InChI is InChI=1S/C16H19N3O3/c17-13(12-5-2-1-3-6-12)11-15(20)18-8-9-19-16(21)14-7-4-10-22-14/h1-7,10,13H,8-9,11,17H2,(H,18,20)(H,19,21). The van der Waals surface area contributed by atoms with E-state index in [4.69, 9.17) is 10.2 Å². The largest absolute Gasteiger partial charge is 0.459 e. The normalized spacial score (nSPS) is 11.7. The van der Waals surface area contributed by atoms with Crippen LogP contribution in [-0.2, 0) is 4.79 Å². The average molecular weight is 301 g/mol. The van der Waals surface area contributed by atoms with Crippen LogP contribution in [0.2, 0.25) is 0 Å². The minimum atomic E-state index is -0.334. The lowest BCUT2D eigenvalue weighted by atomic mass is 10.0. The number of amides is 2. The van der Waals surface area contributed by atoms with E-state index in [0.29, 0.717) is 13.1 Å². The van der Waals surface area contributed by atoms with Crippen molar-refractivity contribution in [3.05, 3.63) is 60.1 Å². The summed E-state index contributed by atoms with van der Waals surface area (Å²) >= 11 is 0. The predicted molar refractivity (Wildman–Crippen MR) is 82.0 cm³/mol. The molecule has 6 heteroatoms. The van der Waals surface area contributed by atoms with Gasteiger partial charge in [0.25, 0.3) is 5.91 Å². The second-order valence-corrected chi connectivity index (χ2v) is 4.80. The first kappa shape index (κ1) is 15.8. The van der Waals surface area contributed by atoms with Gasteiger partial charge in [-0.2, -0.15) is 0 Å². The third-order valence-electron chi connectivity index (χ3n) is 3.11. The van der Waals surface area contributed by atoms with Crippen LogP contribution in [0.4, 0.5) is 0 Å². The fourth-order valence-corrected chi connectivity index (χ4v) is 1.96. The van der Waals surface area contributed by atoms with Gasteiger partial charge in [0.05, 0.1) is 6.26 Å². The Kier molecular flexibility index (Phi) is 5.73. The molecule has 1 atom stereocenters. The minimum Gasteiger partial charge on any atom is -0.459 e. The van der Waals surface area contributed by atoms with Crippen LogP contribution >= 0.6 is 0 Å². The molecule has 2 rings (SSSR count). The Morgan fingerprint density at radius 3 is 2.45 bits per heavy atom. The van der Waals surface area contributed by atoms with Crippen molar-refractivity contribution in [3.8, 4) is 0 Å². The van der Waals surface area contributed by atoms with E-state index in [1.807, 2.05) is 30.3 Å². The molecule has 1 unspecified atom stereocenters. The highest BCUT2D eigenvalue weighted by Crippen LogP contribution is 2.12. The zero-order valence-electron chi connectivity index (χ0n) is 12.1. The van der Waals surface area contributed by atoms with Gasteiger partial charge in [-0.15, -0.1) is 0 Å². The van der Waals surface area contributed by atoms with Gasteiger partial charge in [-0.05, 0) is 17.7 Å². The smallest absolute Gasteiger partial charge is 0.287 e. The molecule has 0 aliphatic heterocycles. The van der Waals surface area contributed by atoms with E-state index in [2.05, 4.69) is 10.6 Å². The summed E-state index contributed by atoms with van der Waals surface area (Å²) in [6, 6.07) is 12.3. The van der Waals surface area contributed by atoms with Crippen molar-refractivity contribution in [1.29, 1.82) is 0 Å². The molecule has 116 valence electrons. The van der Waals surface area contributed by atoms with Gasteiger partial charge in [0, 0.05) is 25.6 Å². The van der Waals surface area contributed by atoms with Crippen molar-refractivity contribution in [2.75, 3.05) is 13.1 Å². The predicted octanol–water partition coefficient (Wildman–Crippen LogP) is 1.22. The van der Waals surface area contributed by atoms with Crippen LogP contribution in [0.1, 0.15) is 28.6 Å². The van der Waals surface area contributed by atoms with Crippen LogP contribution in [0.5, 0.6) is 0 Å². The molecule has 0 bridgehead atoms. The van der Waals surface area contributed by atoms with Gasteiger partial charge in [0.15, 0.2) is 5.76 Å². The number of nitrogens with one attached hydrogen (secondary N) is 2. The highest BCUT2D eigenvalue weighted by Gasteiger charge is 2.11. The zero-order chi connectivity index (χ0) is 15.8. The molecule has 1 aromatic carbocycles. The molecule has 2 amide bonds. The number of hydrogen-bond acceptors (Lipinski definition) is 4. The number of hydrogen-bond donors (Lipinski definition) is 3. The third kappa shape index (κ3) is 4.75. The molecule has 2 aromatic rings. The molecule has 0 fully saturated rings. The van der Waals surface area contributed by atoms with Crippen molar-refractivity contribution in [2.45, 2.75) is 12.5 Å². The van der Waals surface area contributed by atoms with Crippen molar-refractivity contribution >= 4 is 11.8 Å². The quantitative estimate of drug-likeness (QED) is 0.670. The highest BCUT2D eigenvalue weighted by atomic mass is 16.3. The second-order valence-electron chi connectivity index (χ2n) is 4.80. The lowest BCUT2D eigenvalue weighted by Crippen LogP contribution is -2.35. The summed E-state index contributed by atoms with van der Waals surface area (Å²) in [7, 11) is 0. The molecule has 0 radical (unpaired) electrons. The lowest BCUT2D eigenvalue weighted by molar-refractivity contribution is -0.121. The van der Waals surface area contributed by atoms with Gasteiger partial charge in [-0.25, -0.2) is 0 Å². The van der Waals surface area contributed by atoms with Crippen LogP contribution < -0.4 is 16.4 Å². The van der Waals surface area contributed by atoms with E-state index in [1.54, 1.807) is 12.1 Å². The van der Waals surface area contributed by atoms with Crippen LogP contribution in [0.25, 0.3) is 0 Å². The van der Waals surface area contributed by atoms with Gasteiger partial charge in [-0.1, -0.05) is 30.3 Å². The Hall–Kier alpha value is -2.60. The summed E-state index contributed by atoms with van der Waals surface area (Å²) in [4.78, 5) is 23.4. The maximum Gasteiger partial charge on any atom is 0.287 e. The van der Waals surface area contributed by atoms with Crippen LogP contribution in [0.15, 0.2) is 53.1 Å². The van der Waals surface area contributed by atoms with E-state index in [0.717, 1.165) is 5.56 Å². The molecule has 22 heavy (non-hydrogen) atoms. The minimum absolute atomic E-state index is 0.149. The third-order valence-corrected chi connectivity index (χ3v) is 3.11. The molecule has 0 aliphatic rings. The summed E-state index contributed by atoms with van der Waals surface area (Å²) in [6.07, 6.45) is 1.64. The summed E-state index contributed by atoms with van der Waals surface area (Å²) in [5, 5.41) is 5.37. The Balaban J connectivity index is 1.65. The number of benzene rings is 1. The number of rotatable bonds is 7. The maximum atomic E-state index is 11.8. The number of carbonyl (C=O) groups excluding carboxylic acids is 2. The van der Waals surface area contributed by atoms with E-state index in [1.165, 1.54) is 6.26 Å². The second kappa shape index (κ2) is 7.99. The Morgan fingerprint density at radius 2 is 1.77 bits per heavy atom. The fraction of sp³-hybridized carbons (Fsp3) is 0.250. The first-order chi connectivity index (χ1) is 10.7. The van der Waals surface area contributed by atoms with Gasteiger partial charge < -0.3 is 20.8 Å². The number of carbonyl (C=O) groups is 2. The summed E-state index contributed by atoms with van der Waals surface area (Å²) in [5.41, 5.74) is 6.89. The number of furan rings is 1. The molecule has 0 spiro atoms. The Labute approximate surface area is 128 Å². The summed E-state index contributed by atoms with van der Waals surface area (Å²) in [6.45, 7) is 0.665. The van der Waals surface area contributed by atoms with E-state index >= 15 is 0 Å². The van der Waals surface area contributed by atoms with Crippen LogP contribution in [0, 0.1) is 0 Å². The van der Waals surface area contributed by atoms with Crippen molar-refractivity contribution in [2.24, 2.45) is 5.73 Å². The Bertz CT molecular complexity index is 596. The van der Waals surface area contributed by atoms with Gasteiger partial charge >= 0.3 is 0 Å². The number of nitrogens with two attached hydrogens (primary N) is 1. The molecule has 6 nitrogen and oxygen atoms in total. The van der Waals surface area contributed by atoms with Gasteiger partial charge in [0.1, 0.15) is 0 Å². The molecule has 0 aliphatic carbocycles. The molecule has 0 saturated carbocycles. The lowest BCUT2D eigenvalue weighted by Gasteiger charge is -2.12. The van der Waals surface area contributed by atoms with Crippen molar-refractivity contribution in [1.82, 2.24) is 10.6 Å². The van der Waals surface area contributed by atoms with Gasteiger partial charge in [-0.3, -0.25) is 9.59 Å². The molecule has 4 N–H and O–H groups in total. The zero-order valence-corrected chi connectivity index (χ0v) is 12.1. The molecular weight excluding hydrogens is 282 g/mol. The van der Waals surface area contributed by atoms with E-state index < -0.39 is 0 Å². The first-order valence-electron chi connectivity index (χ1n) is 7.06. The molecule has 0 saturated heterocycles. The fourth-order valence-electron chi connectivity index (χ4n) is 1.96. The Morgan fingerprint density at radius 1 is 1.05 bits per heavy atom. The molecule has 1 aromatic heterocycles. The summed E-state index contributed by atoms with van der Waals surface area (Å²) < 4.78 is 4.96. The SMILES string of the molecule is NC(CC(=O)NCCNC(=O)c1ccco1)c1ccccc1. The monoisotopic (exact) mass is 301 g/mol. The van der Waals surface area contributed by atoms with Gasteiger partial charge in [0.2, 0.25) is 5.91 Å². The molecular formula is C16H19N3O3. The summed E-state index contributed by atoms with van der Waals surface area (Å²) in [5.74, 6) is -0.207. The maximum absolute atomic E-state index is 11.8. The first-order valence-corrected chi connectivity index (χ1v) is 7.06. The van der Waals surface area contributed by atoms with E-state index in [-0.39, 0.29) is 30.0 Å². The van der Waals surface area contributed by atoms with Crippen molar-refractivity contribution < 1.29 is 14.0 Å². The topological polar surface area (TPSA) is 97.4 Å². The van der Waals surface area contributed by atoms with Crippen LogP contribution in [0.3, 0.4) is 0 Å².